The van der Waals surface area contributed by atoms with Crippen molar-refractivity contribution in [2.45, 2.75) is 12.8 Å². The SMILES string of the molecule is O=C(O)c1ccc(-c2ccc(/C=N\N3C(=O)[C@H]4[C@H](C3=O)[C@H]3C=C[C@H]4CC3)o2)cc1. The van der Waals surface area contributed by atoms with E-state index >= 15 is 0 Å². The number of hydrazone groups is 1. The van der Waals surface area contributed by atoms with E-state index in [9.17, 15) is 14.4 Å². The van der Waals surface area contributed by atoms with E-state index in [4.69, 9.17) is 9.52 Å². The van der Waals surface area contributed by atoms with Crippen LogP contribution in [-0.4, -0.2) is 34.1 Å². The van der Waals surface area contributed by atoms with E-state index in [0.29, 0.717) is 11.5 Å². The van der Waals surface area contributed by atoms with Gasteiger partial charge in [-0.05, 0) is 48.9 Å². The number of carboxylic acids is 1. The van der Waals surface area contributed by atoms with Crippen LogP contribution in [0.2, 0.25) is 0 Å². The van der Waals surface area contributed by atoms with Crippen LogP contribution in [0.15, 0.2) is 58.1 Å². The van der Waals surface area contributed by atoms with Gasteiger partial charge in [0.05, 0.1) is 23.6 Å². The fourth-order valence-corrected chi connectivity index (χ4v) is 4.64. The van der Waals surface area contributed by atoms with E-state index in [1.54, 1.807) is 24.3 Å². The van der Waals surface area contributed by atoms with Crippen molar-refractivity contribution in [3.05, 3.63) is 59.9 Å². The number of imide groups is 1. The maximum absolute atomic E-state index is 12.8. The normalized spacial score (nSPS) is 27.8. The number of fused-ring (bicyclic) bond motifs is 1. The molecular weight excluding hydrogens is 372 g/mol. The van der Waals surface area contributed by atoms with Gasteiger partial charge in [0.1, 0.15) is 11.5 Å². The first kappa shape index (κ1) is 17.6. The molecule has 2 fully saturated rings. The predicted octanol–water partition coefficient (Wildman–Crippen LogP) is 3.18. The molecule has 7 heteroatoms. The molecule has 3 aliphatic carbocycles. The summed E-state index contributed by atoms with van der Waals surface area (Å²) < 4.78 is 5.72. The summed E-state index contributed by atoms with van der Waals surface area (Å²) >= 11 is 0. The van der Waals surface area contributed by atoms with Gasteiger partial charge in [-0.15, -0.1) is 0 Å². The van der Waals surface area contributed by atoms with Crippen molar-refractivity contribution in [2.24, 2.45) is 28.8 Å². The van der Waals surface area contributed by atoms with E-state index in [-0.39, 0.29) is 41.0 Å². The fraction of sp³-hybridized carbons (Fsp3) is 0.273. The third-order valence-corrected chi connectivity index (χ3v) is 6.08. The average molecular weight is 390 g/mol. The molecule has 146 valence electrons. The van der Waals surface area contributed by atoms with E-state index in [1.807, 2.05) is 0 Å². The Kier molecular flexibility index (Phi) is 3.97. The van der Waals surface area contributed by atoms with Crippen LogP contribution in [0, 0.1) is 23.7 Å². The molecule has 1 aromatic heterocycles. The van der Waals surface area contributed by atoms with Gasteiger partial charge in [-0.3, -0.25) is 9.59 Å². The van der Waals surface area contributed by atoms with Gasteiger partial charge in [-0.2, -0.15) is 10.1 Å². The molecule has 1 aliphatic heterocycles. The number of benzene rings is 1. The third-order valence-electron chi connectivity index (χ3n) is 6.08. The summed E-state index contributed by atoms with van der Waals surface area (Å²) in [6.07, 6.45) is 7.41. The summed E-state index contributed by atoms with van der Waals surface area (Å²) in [5.41, 5.74) is 0.912. The highest BCUT2D eigenvalue weighted by molar-refractivity contribution is 6.06. The van der Waals surface area contributed by atoms with Crippen molar-refractivity contribution in [1.29, 1.82) is 0 Å². The second-order valence-electron chi connectivity index (χ2n) is 7.66. The Hall–Kier alpha value is -3.48. The lowest BCUT2D eigenvalue weighted by atomic mass is 9.63. The molecule has 1 saturated heterocycles. The monoisotopic (exact) mass is 390 g/mol. The Bertz CT molecular complexity index is 1030. The molecule has 1 N–H and O–H groups in total. The lowest BCUT2D eigenvalue weighted by Gasteiger charge is -2.37. The number of carbonyl (C=O) groups is 3. The van der Waals surface area contributed by atoms with Crippen LogP contribution in [0.5, 0.6) is 0 Å². The molecule has 7 nitrogen and oxygen atoms in total. The Morgan fingerprint density at radius 1 is 1.00 bits per heavy atom. The lowest BCUT2D eigenvalue weighted by molar-refractivity contribution is -0.140. The highest BCUT2D eigenvalue weighted by atomic mass is 16.4. The van der Waals surface area contributed by atoms with E-state index in [1.165, 1.54) is 18.3 Å². The van der Waals surface area contributed by atoms with Crippen molar-refractivity contribution in [1.82, 2.24) is 5.01 Å². The molecule has 4 aliphatic rings. The summed E-state index contributed by atoms with van der Waals surface area (Å²) in [5.74, 6) is -0.828. The topological polar surface area (TPSA) is 100 Å². The molecule has 6 rings (SSSR count). The molecule has 0 unspecified atom stereocenters. The molecule has 2 aromatic rings. The standard InChI is InChI=1S/C22H18N2O5/c25-20-18-13-3-4-14(6-5-13)19(18)21(26)24(20)23-11-16-9-10-17(29-16)12-1-7-15(8-2-12)22(27)28/h1-4,7-11,13-14,18-19H,5-6H2,(H,27,28)/b23-11-/t13-,14-,18+,19+/m0/s1. The molecule has 4 atom stereocenters. The number of rotatable bonds is 4. The van der Waals surface area contributed by atoms with Gasteiger partial charge in [-0.25, -0.2) is 4.79 Å². The maximum atomic E-state index is 12.8. The zero-order chi connectivity index (χ0) is 20.1. The van der Waals surface area contributed by atoms with Crippen LogP contribution in [0.25, 0.3) is 11.3 Å². The molecule has 29 heavy (non-hydrogen) atoms. The number of hydrogen-bond acceptors (Lipinski definition) is 5. The van der Waals surface area contributed by atoms with Gasteiger partial charge in [0.15, 0.2) is 0 Å². The predicted molar refractivity (Wildman–Crippen MR) is 103 cm³/mol. The smallest absolute Gasteiger partial charge is 0.335 e. The molecule has 0 radical (unpaired) electrons. The second-order valence-corrected chi connectivity index (χ2v) is 7.66. The zero-order valence-electron chi connectivity index (χ0n) is 15.4. The van der Waals surface area contributed by atoms with Gasteiger partial charge >= 0.3 is 5.97 Å². The Morgan fingerprint density at radius 2 is 1.62 bits per heavy atom. The first-order chi connectivity index (χ1) is 14.0. The van der Waals surface area contributed by atoms with Gasteiger partial charge in [-0.1, -0.05) is 24.3 Å². The van der Waals surface area contributed by atoms with Crippen molar-refractivity contribution >= 4 is 24.0 Å². The van der Waals surface area contributed by atoms with Crippen LogP contribution in [0.3, 0.4) is 0 Å². The van der Waals surface area contributed by atoms with Crippen LogP contribution in [-0.2, 0) is 9.59 Å². The van der Waals surface area contributed by atoms with Crippen LogP contribution < -0.4 is 0 Å². The first-order valence-corrected chi connectivity index (χ1v) is 9.56. The van der Waals surface area contributed by atoms with Gasteiger partial charge in [0, 0.05) is 5.56 Å². The number of allylic oxidation sites excluding steroid dienone is 2. The molecule has 2 bridgehead atoms. The van der Waals surface area contributed by atoms with E-state index < -0.39 is 5.97 Å². The average Bonchev–Trinajstić information content (AvgIpc) is 3.32. The third kappa shape index (κ3) is 2.81. The van der Waals surface area contributed by atoms with Gasteiger partial charge in [0.2, 0.25) is 0 Å². The summed E-state index contributed by atoms with van der Waals surface area (Å²) in [5, 5.41) is 14.1. The van der Waals surface area contributed by atoms with Crippen molar-refractivity contribution in [3.63, 3.8) is 0 Å². The highest BCUT2D eigenvalue weighted by Gasteiger charge is 2.56. The van der Waals surface area contributed by atoms with Crippen LogP contribution in [0.4, 0.5) is 0 Å². The molecule has 2 amide bonds. The summed E-state index contributed by atoms with van der Waals surface area (Å²) in [7, 11) is 0. The summed E-state index contributed by atoms with van der Waals surface area (Å²) in [6.45, 7) is 0. The van der Waals surface area contributed by atoms with Crippen LogP contribution in [0.1, 0.15) is 29.0 Å². The molecular formula is C22H18N2O5. The Morgan fingerprint density at radius 3 is 2.17 bits per heavy atom. The lowest BCUT2D eigenvalue weighted by Crippen LogP contribution is -2.38. The minimum absolute atomic E-state index is 0.130. The minimum atomic E-state index is -0.993. The summed E-state index contributed by atoms with van der Waals surface area (Å²) in [6, 6.07) is 9.73. The van der Waals surface area contributed by atoms with Crippen LogP contribution >= 0.6 is 0 Å². The number of nitrogens with zero attached hydrogens (tertiary/aromatic N) is 2. The molecule has 1 aromatic carbocycles. The van der Waals surface area contributed by atoms with Crippen molar-refractivity contribution in [3.8, 4) is 11.3 Å². The number of furan rings is 1. The van der Waals surface area contributed by atoms with Crippen molar-refractivity contribution in [2.75, 3.05) is 0 Å². The number of carboxylic acid groups (broad SMARTS) is 1. The Balaban J connectivity index is 1.34. The summed E-state index contributed by atoms with van der Waals surface area (Å²) in [4.78, 5) is 36.5. The number of aromatic carboxylic acids is 1. The van der Waals surface area contributed by atoms with E-state index in [2.05, 4.69) is 17.3 Å². The Labute approximate surface area is 166 Å². The quantitative estimate of drug-likeness (QED) is 0.491. The fourth-order valence-electron chi connectivity index (χ4n) is 4.64. The van der Waals surface area contributed by atoms with Gasteiger partial charge < -0.3 is 9.52 Å². The number of hydrogen-bond donors (Lipinski definition) is 1. The molecule has 1 saturated carbocycles. The zero-order valence-corrected chi connectivity index (χ0v) is 15.4. The second kappa shape index (κ2) is 6.55. The maximum Gasteiger partial charge on any atom is 0.335 e. The first-order valence-electron chi connectivity index (χ1n) is 9.56. The van der Waals surface area contributed by atoms with Gasteiger partial charge in [0.25, 0.3) is 11.8 Å². The minimum Gasteiger partial charge on any atom is -0.478 e. The van der Waals surface area contributed by atoms with Crippen molar-refractivity contribution < 1.29 is 23.9 Å². The number of amides is 2. The highest BCUT2D eigenvalue weighted by Crippen LogP contribution is 2.49. The molecule has 2 heterocycles. The molecule has 0 spiro atoms. The largest absolute Gasteiger partial charge is 0.478 e. The van der Waals surface area contributed by atoms with E-state index in [0.717, 1.165) is 23.4 Å². The number of carbonyl (C=O) groups excluding carboxylic acids is 2.